The molecular formula is C25H25N5O2S. The van der Waals surface area contributed by atoms with E-state index in [1.165, 1.54) is 16.9 Å². The normalized spacial score (nSPS) is 15.9. The van der Waals surface area contributed by atoms with Crippen molar-refractivity contribution in [3.05, 3.63) is 70.6 Å². The summed E-state index contributed by atoms with van der Waals surface area (Å²) in [6.07, 6.45) is 4.68. The van der Waals surface area contributed by atoms with Gasteiger partial charge in [0.1, 0.15) is 5.69 Å². The van der Waals surface area contributed by atoms with Crippen molar-refractivity contribution in [2.45, 2.75) is 45.2 Å². The number of aromatic nitrogens is 4. The number of hydrogen-bond donors (Lipinski definition) is 0. The summed E-state index contributed by atoms with van der Waals surface area (Å²) in [5, 5.41) is 0.700. The van der Waals surface area contributed by atoms with Gasteiger partial charge >= 0.3 is 0 Å². The summed E-state index contributed by atoms with van der Waals surface area (Å²) < 4.78 is 1.61. The summed E-state index contributed by atoms with van der Waals surface area (Å²) in [4.78, 5) is 42.7. The molecule has 0 saturated carbocycles. The van der Waals surface area contributed by atoms with E-state index >= 15 is 0 Å². The predicted octanol–water partition coefficient (Wildman–Crippen LogP) is 4.11. The van der Waals surface area contributed by atoms with Crippen LogP contribution in [0.2, 0.25) is 0 Å². The van der Waals surface area contributed by atoms with Crippen LogP contribution in [0.1, 0.15) is 31.7 Å². The lowest BCUT2D eigenvalue weighted by molar-refractivity contribution is -0.120. The first-order valence-corrected chi connectivity index (χ1v) is 12.1. The van der Waals surface area contributed by atoms with Crippen LogP contribution in [-0.4, -0.2) is 37.9 Å². The molecule has 4 heterocycles. The molecule has 4 aromatic rings. The molecule has 1 saturated heterocycles. The highest BCUT2D eigenvalue weighted by Crippen LogP contribution is 2.33. The Balaban J connectivity index is 1.45. The number of fused-ring (bicyclic) bond motifs is 1. The number of aryl methyl sites for hydroxylation is 1. The van der Waals surface area contributed by atoms with Crippen molar-refractivity contribution in [1.82, 2.24) is 19.5 Å². The first-order chi connectivity index (χ1) is 16.2. The Morgan fingerprint density at radius 1 is 1.12 bits per heavy atom. The second kappa shape index (κ2) is 9.23. The Labute approximate surface area is 195 Å². The minimum absolute atomic E-state index is 0.170. The van der Waals surface area contributed by atoms with Crippen molar-refractivity contribution in [2.75, 3.05) is 11.4 Å². The maximum atomic E-state index is 13.2. The lowest BCUT2D eigenvalue weighted by atomic mass is 10.0. The summed E-state index contributed by atoms with van der Waals surface area (Å²) in [6.45, 7) is 3.15. The summed E-state index contributed by atoms with van der Waals surface area (Å²) in [5.74, 6) is 0.770. The van der Waals surface area contributed by atoms with Gasteiger partial charge in [-0.25, -0.2) is 9.97 Å². The average Bonchev–Trinajstić information content (AvgIpc) is 3.51. The Bertz CT molecular complexity index is 1330. The van der Waals surface area contributed by atoms with Crippen LogP contribution in [0.5, 0.6) is 0 Å². The third-order valence-corrected chi connectivity index (χ3v) is 7.08. The maximum absolute atomic E-state index is 13.2. The molecule has 5 rings (SSSR count). The molecule has 33 heavy (non-hydrogen) atoms. The van der Waals surface area contributed by atoms with Gasteiger partial charge < -0.3 is 4.90 Å². The minimum atomic E-state index is -0.196. The van der Waals surface area contributed by atoms with Crippen LogP contribution in [0.15, 0.2) is 59.5 Å². The quantitative estimate of drug-likeness (QED) is 0.414. The largest absolute Gasteiger partial charge is 0.338 e. The molecule has 168 valence electrons. The number of nitrogens with zero attached hydrogens (tertiary/aromatic N) is 5. The molecule has 0 aliphatic carbocycles. The summed E-state index contributed by atoms with van der Waals surface area (Å²) in [6, 6.07) is 15.5. The SMILES string of the molecule is CCn1c(-c2ccccn2)nc2sc(N3CCC[C@@H]3C(=O)CCc3ccccc3)nc2c1=O. The Hall–Kier alpha value is -3.39. The molecule has 0 unspecified atom stereocenters. The molecule has 0 N–H and O–H groups in total. The fourth-order valence-electron chi connectivity index (χ4n) is 4.41. The van der Waals surface area contributed by atoms with Gasteiger partial charge in [-0.1, -0.05) is 47.7 Å². The van der Waals surface area contributed by atoms with E-state index in [1.807, 2.05) is 43.3 Å². The third kappa shape index (κ3) is 4.18. The van der Waals surface area contributed by atoms with E-state index in [0.717, 1.165) is 25.8 Å². The number of rotatable bonds is 7. The summed E-state index contributed by atoms with van der Waals surface area (Å²) in [7, 11) is 0. The topological polar surface area (TPSA) is 81.0 Å². The van der Waals surface area contributed by atoms with Gasteiger partial charge in [-0.05, 0) is 43.9 Å². The number of anilines is 1. The Morgan fingerprint density at radius 2 is 1.94 bits per heavy atom. The molecular weight excluding hydrogens is 434 g/mol. The van der Waals surface area contributed by atoms with Crippen LogP contribution in [0.3, 0.4) is 0 Å². The minimum Gasteiger partial charge on any atom is -0.338 e. The second-order valence-corrected chi connectivity index (χ2v) is 9.11. The number of thiazole rings is 1. The highest BCUT2D eigenvalue weighted by atomic mass is 32.1. The zero-order valence-corrected chi connectivity index (χ0v) is 19.3. The monoisotopic (exact) mass is 459 g/mol. The zero-order valence-electron chi connectivity index (χ0n) is 18.5. The first-order valence-electron chi connectivity index (χ1n) is 11.3. The number of pyridine rings is 1. The Morgan fingerprint density at radius 3 is 2.70 bits per heavy atom. The van der Waals surface area contributed by atoms with Crippen molar-refractivity contribution < 1.29 is 4.79 Å². The number of benzene rings is 1. The van der Waals surface area contributed by atoms with Crippen molar-refractivity contribution >= 4 is 32.6 Å². The number of Topliss-reactive ketones (excluding diaryl/α,β-unsaturated/α-hetero) is 1. The van der Waals surface area contributed by atoms with Gasteiger partial charge in [0, 0.05) is 25.7 Å². The summed E-state index contributed by atoms with van der Waals surface area (Å²) in [5.41, 5.74) is 2.01. The molecule has 1 aliphatic heterocycles. The van der Waals surface area contributed by atoms with Crippen LogP contribution in [0, 0.1) is 0 Å². The van der Waals surface area contributed by atoms with E-state index in [9.17, 15) is 9.59 Å². The molecule has 1 aromatic carbocycles. The first kappa shape index (κ1) is 21.5. The van der Waals surface area contributed by atoms with Gasteiger partial charge in [-0.15, -0.1) is 0 Å². The van der Waals surface area contributed by atoms with Crippen molar-refractivity contribution in [3.8, 4) is 11.5 Å². The van der Waals surface area contributed by atoms with Crippen LogP contribution in [-0.2, 0) is 17.8 Å². The number of carbonyl (C=O) groups is 1. The van der Waals surface area contributed by atoms with E-state index in [0.29, 0.717) is 40.0 Å². The van der Waals surface area contributed by atoms with Gasteiger partial charge in [-0.2, -0.15) is 0 Å². The molecule has 0 radical (unpaired) electrons. The van der Waals surface area contributed by atoms with E-state index in [4.69, 9.17) is 4.98 Å². The molecule has 1 aliphatic rings. The summed E-state index contributed by atoms with van der Waals surface area (Å²) >= 11 is 1.38. The van der Waals surface area contributed by atoms with Crippen molar-refractivity contribution in [2.24, 2.45) is 0 Å². The highest BCUT2D eigenvalue weighted by molar-refractivity contribution is 7.21. The molecule has 0 bridgehead atoms. The average molecular weight is 460 g/mol. The highest BCUT2D eigenvalue weighted by Gasteiger charge is 2.33. The standard InChI is InChI=1S/C25H25N5O2S/c1-2-29-22(18-11-6-7-15-26-18)28-23-21(24(29)32)27-25(33-23)30-16-8-12-19(30)20(31)14-13-17-9-4-3-5-10-17/h3-7,9-11,15,19H,2,8,12-14,16H2,1H3/t19-/m1/s1. The van der Waals surface area contributed by atoms with Gasteiger partial charge in [-0.3, -0.25) is 19.1 Å². The lowest BCUT2D eigenvalue weighted by Gasteiger charge is -2.22. The molecule has 0 spiro atoms. The van der Waals surface area contributed by atoms with Crippen LogP contribution < -0.4 is 10.5 Å². The molecule has 1 atom stereocenters. The second-order valence-electron chi connectivity index (χ2n) is 8.15. The molecule has 3 aromatic heterocycles. The van der Waals surface area contributed by atoms with Crippen molar-refractivity contribution in [3.63, 3.8) is 0 Å². The fraction of sp³-hybridized carbons (Fsp3) is 0.320. The molecule has 0 amide bonds. The van der Waals surface area contributed by atoms with Gasteiger partial charge in [0.15, 0.2) is 27.1 Å². The van der Waals surface area contributed by atoms with Gasteiger partial charge in [0.2, 0.25) is 0 Å². The van der Waals surface area contributed by atoms with E-state index in [-0.39, 0.29) is 17.4 Å². The number of ketones is 1. The number of hydrogen-bond acceptors (Lipinski definition) is 7. The lowest BCUT2D eigenvalue weighted by Crippen LogP contribution is -2.36. The Kier molecular flexibility index (Phi) is 6.00. The molecule has 7 nitrogen and oxygen atoms in total. The smallest absolute Gasteiger partial charge is 0.281 e. The third-order valence-electron chi connectivity index (χ3n) is 6.09. The van der Waals surface area contributed by atoms with E-state index < -0.39 is 0 Å². The van der Waals surface area contributed by atoms with Crippen molar-refractivity contribution in [1.29, 1.82) is 0 Å². The predicted molar refractivity (Wildman–Crippen MR) is 131 cm³/mol. The van der Waals surface area contributed by atoms with E-state index in [1.54, 1.807) is 10.8 Å². The fourth-order valence-corrected chi connectivity index (χ4v) is 5.42. The zero-order chi connectivity index (χ0) is 22.8. The molecule has 1 fully saturated rings. The number of carbonyl (C=O) groups excluding carboxylic acids is 1. The van der Waals surface area contributed by atoms with Crippen LogP contribution >= 0.6 is 11.3 Å². The van der Waals surface area contributed by atoms with Crippen LogP contribution in [0.4, 0.5) is 5.13 Å². The van der Waals surface area contributed by atoms with E-state index in [2.05, 4.69) is 27.0 Å². The van der Waals surface area contributed by atoms with Gasteiger partial charge in [0.25, 0.3) is 5.56 Å². The van der Waals surface area contributed by atoms with Gasteiger partial charge in [0.05, 0.1) is 6.04 Å². The molecule has 8 heteroatoms. The van der Waals surface area contributed by atoms with Crippen LogP contribution in [0.25, 0.3) is 21.9 Å². The maximum Gasteiger partial charge on any atom is 0.281 e.